The average Bonchev–Trinajstić information content (AvgIpc) is 3.15. The molecule has 0 radical (unpaired) electrons. The topological polar surface area (TPSA) is 84.5 Å². The van der Waals surface area contributed by atoms with Gasteiger partial charge in [-0.2, -0.15) is 0 Å². The van der Waals surface area contributed by atoms with E-state index in [0.717, 1.165) is 19.3 Å². The van der Waals surface area contributed by atoms with Gasteiger partial charge in [-0.15, -0.1) is 0 Å². The van der Waals surface area contributed by atoms with E-state index >= 15 is 0 Å². The number of hydrogen-bond acceptors (Lipinski definition) is 4. The number of amides is 2. The van der Waals surface area contributed by atoms with Crippen LogP contribution in [-0.4, -0.2) is 37.0 Å². The molecule has 1 aromatic carbocycles. The third-order valence-electron chi connectivity index (χ3n) is 4.90. The molecule has 1 fully saturated rings. The molecule has 2 amide bonds. The number of carbonyl (C=O) groups is 3. The van der Waals surface area contributed by atoms with E-state index in [-0.39, 0.29) is 11.7 Å². The summed E-state index contributed by atoms with van der Waals surface area (Å²) in [4.78, 5) is 36.5. The molecule has 0 spiro atoms. The molecule has 1 aliphatic carbocycles. The summed E-state index contributed by atoms with van der Waals surface area (Å²) < 4.78 is 18.5. The highest BCUT2D eigenvalue weighted by Crippen LogP contribution is 2.42. The zero-order chi connectivity index (χ0) is 19.9. The summed E-state index contributed by atoms with van der Waals surface area (Å²) in [5.41, 5.74) is -0.128. The summed E-state index contributed by atoms with van der Waals surface area (Å²) in [6, 6.07) is 5.14. The second-order valence-corrected chi connectivity index (χ2v) is 6.95. The normalized spacial score (nSPS) is 16.4. The van der Waals surface area contributed by atoms with Crippen molar-refractivity contribution in [1.29, 1.82) is 0 Å². The fourth-order valence-corrected chi connectivity index (χ4v) is 3.38. The van der Waals surface area contributed by atoms with Gasteiger partial charge in [-0.05, 0) is 43.9 Å². The van der Waals surface area contributed by atoms with Crippen LogP contribution >= 0.6 is 0 Å². The molecule has 0 saturated heterocycles. The lowest BCUT2D eigenvalue weighted by Gasteiger charge is -2.27. The van der Waals surface area contributed by atoms with Crippen molar-refractivity contribution in [2.75, 3.05) is 13.2 Å². The molecule has 27 heavy (non-hydrogen) atoms. The predicted octanol–water partition coefficient (Wildman–Crippen LogP) is 2.21. The van der Waals surface area contributed by atoms with Gasteiger partial charge in [0.05, 0.1) is 5.41 Å². The van der Waals surface area contributed by atoms with Crippen LogP contribution in [0.2, 0.25) is 0 Å². The highest BCUT2D eigenvalue weighted by atomic mass is 19.1. The fraction of sp³-hybridized carbons (Fsp3) is 0.550. The number of hydrogen-bond donors (Lipinski definition) is 2. The smallest absolute Gasteiger partial charge is 0.317 e. The summed E-state index contributed by atoms with van der Waals surface area (Å²) in [5, 5.41) is 5.20. The van der Waals surface area contributed by atoms with Crippen molar-refractivity contribution in [2.24, 2.45) is 0 Å². The van der Waals surface area contributed by atoms with Gasteiger partial charge in [-0.25, -0.2) is 4.39 Å². The van der Waals surface area contributed by atoms with Crippen molar-refractivity contribution in [3.63, 3.8) is 0 Å². The maximum absolute atomic E-state index is 13.2. The molecular formula is C20H27FN2O4. The monoisotopic (exact) mass is 378 g/mol. The van der Waals surface area contributed by atoms with Crippen LogP contribution in [0.15, 0.2) is 24.3 Å². The Hall–Kier alpha value is -2.44. The van der Waals surface area contributed by atoms with Crippen molar-refractivity contribution in [3.8, 4) is 0 Å². The quantitative estimate of drug-likeness (QED) is 0.680. The lowest BCUT2D eigenvalue weighted by molar-refractivity contribution is -0.154. The molecule has 0 heterocycles. The zero-order valence-electron chi connectivity index (χ0n) is 15.8. The molecule has 1 atom stereocenters. The van der Waals surface area contributed by atoms with E-state index in [1.807, 2.05) is 6.92 Å². The van der Waals surface area contributed by atoms with E-state index in [0.29, 0.717) is 24.9 Å². The largest absolute Gasteiger partial charge is 0.455 e. The van der Waals surface area contributed by atoms with Crippen molar-refractivity contribution >= 4 is 17.8 Å². The first-order chi connectivity index (χ1) is 12.9. The predicted molar refractivity (Wildman–Crippen MR) is 98.4 cm³/mol. The van der Waals surface area contributed by atoms with Crippen LogP contribution in [0.4, 0.5) is 4.39 Å². The molecule has 2 rings (SSSR count). The van der Waals surface area contributed by atoms with Crippen molar-refractivity contribution < 1.29 is 23.5 Å². The van der Waals surface area contributed by atoms with Gasteiger partial charge in [0, 0.05) is 6.54 Å². The van der Waals surface area contributed by atoms with Gasteiger partial charge in [-0.1, -0.05) is 31.9 Å². The van der Waals surface area contributed by atoms with Gasteiger partial charge in [0.2, 0.25) is 5.91 Å². The summed E-state index contributed by atoms with van der Waals surface area (Å²) in [6.07, 6.45) is 3.75. The van der Waals surface area contributed by atoms with E-state index in [9.17, 15) is 18.8 Å². The Balaban J connectivity index is 1.93. The molecule has 7 heteroatoms. The van der Waals surface area contributed by atoms with Crippen LogP contribution < -0.4 is 10.6 Å². The third-order valence-corrected chi connectivity index (χ3v) is 4.90. The minimum atomic E-state index is -0.835. The Bertz CT molecular complexity index is 669. The van der Waals surface area contributed by atoms with Gasteiger partial charge in [0.1, 0.15) is 11.9 Å². The minimum absolute atomic E-state index is 0.282. The van der Waals surface area contributed by atoms with E-state index in [2.05, 4.69) is 10.6 Å². The minimum Gasteiger partial charge on any atom is -0.455 e. The van der Waals surface area contributed by atoms with Crippen molar-refractivity contribution in [1.82, 2.24) is 10.6 Å². The number of esters is 1. The molecule has 0 unspecified atom stereocenters. The maximum Gasteiger partial charge on any atom is 0.317 e. The molecule has 1 aliphatic rings. The molecule has 0 aliphatic heterocycles. The zero-order valence-corrected chi connectivity index (χ0v) is 15.8. The molecule has 1 saturated carbocycles. The van der Waals surface area contributed by atoms with E-state index in [4.69, 9.17) is 4.74 Å². The average molecular weight is 378 g/mol. The molecule has 1 aromatic rings. The van der Waals surface area contributed by atoms with E-state index < -0.39 is 29.9 Å². The van der Waals surface area contributed by atoms with Gasteiger partial charge in [-0.3, -0.25) is 14.4 Å². The lowest BCUT2D eigenvalue weighted by Crippen LogP contribution is -2.46. The molecule has 0 aromatic heterocycles. The SMILES string of the molecule is CCCNC(=O)[C@H](C)NC(=O)COC(=O)C1(c2ccc(F)cc2)CCCC1. The molecule has 2 N–H and O–H groups in total. The Morgan fingerprint density at radius 3 is 2.41 bits per heavy atom. The number of benzene rings is 1. The Labute approximate surface area is 158 Å². The lowest BCUT2D eigenvalue weighted by atomic mass is 9.79. The summed E-state index contributed by atoms with van der Waals surface area (Å²) in [7, 11) is 0. The first kappa shape index (κ1) is 20.9. The maximum atomic E-state index is 13.2. The third kappa shape index (κ3) is 5.28. The second-order valence-electron chi connectivity index (χ2n) is 6.95. The van der Waals surface area contributed by atoms with E-state index in [1.54, 1.807) is 19.1 Å². The molecule has 148 valence electrons. The number of halogens is 1. The van der Waals surface area contributed by atoms with Gasteiger partial charge in [0.15, 0.2) is 6.61 Å². The number of carbonyl (C=O) groups excluding carboxylic acids is 3. The Morgan fingerprint density at radius 1 is 1.19 bits per heavy atom. The fourth-order valence-electron chi connectivity index (χ4n) is 3.38. The standard InChI is InChI=1S/C20H27FN2O4/c1-3-12-22-18(25)14(2)23-17(24)13-27-19(26)20(10-4-5-11-20)15-6-8-16(21)9-7-15/h6-9,14H,3-5,10-13H2,1-2H3,(H,22,25)(H,23,24)/t14-/m0/s1. The molecule has 6 nitrogen and oxygen atoms in total. The van der Waals surface area contributed by atoms with E-state index in [1.165, 1.54) is 12.1 Å². The summed E-state index contributed by atoms with van der Waals surface area (Å²) in [6.45, 7) is 3.59. The summed E-state index contributed by atoms with van der Waals surface area (Å²) >= 11 is 0. The number of nitrogens with one attached hydrogen (secondary N) is 2. The summed E-state index contributed by atoms with van der Waals surface area (Å²) in [5.74, 6) is -1.66. The first-order valence-electron chi connectivity index (χ1n) is 9.39. The van der Waals surface area contributed by atoms with Crippen LogP contribution in [-0.2, 0) is 24.5 Å². The molecule has 0 bridgehead atoms. The molecular weight excluding hydrogens is 351 g/mol. The Morgan fingerprint density at radius 2 is 1.81 bits per heavy atom. The van der Waals surface area contributed by atoms with Crippen LogP contribution in [0.5, 0.6) is 0 Å². The Kier molecular flexibility index (Phi) is 7.33. The highest BCUT2D eigenvalue weighted by molar-refractivity contribution is 5.90. The number of rotatable bonds is 8. The number of ether oxygens (including phenoxy) is 1. The highest BCUT2D eigenvalue weighted by Gasteiger charge is 2.44. The van der Waals surface area contributed by atoms with Crippen LogP contribution in [0, 0.1) is 5.82 Å². The van der Waals surface area contributed by atoms with Crippen LogP contribution in [0.25, 0.3) is 0 Å². The second kappa shape index (κ2) is 9.48. The van der Waals surface area contributed by atoms with Crippen LogP contribution in [0.1, 0.15) is 51.5 Å². The van der Waals surface area contributed by atoms with Gasteiger partial charge < -0.3 is 15.4 Å². The van der Waals surface area contributed by atoms with Crippen molar-refractivity contribution in [2.45, 2.75) is 57.4 Å². The van der Waals surface area contributed by atoms with Crippen molar-refractivity contribution in [3.05, 3.63) is 35.6 Å². The van der Waals surface area contributed by atoms with Gasteiger partial charge in [0.25, 0.3) is 5.91 Å². The van der Waals surface area contributed by atoms with Crippen LogP contribution in [0.3, 0.4) is 0 Å². The first-order valence-corrected chi connectivity index (χ1v) is 9.39. The van der Waals surface area contributed by atoms with Gasteiger partial charge >= 0.3 is 5.97 Å².